The minimum atomic E-state index is -0.837. The lowest BCUT2D eigenvalue weighted by Crippen LogP contribution is -2.39. The van der Waals surface area contributed by atoms with Crippen LogP contribution in [0.1, 0.15) is 47.0 Å². The summed E-state index contributed by atoms with van der Waals surface area (Å²) in [7, 11) is 0. The minimum Gasteiger partial charge on any atom is -0.494 e. The molecule has 146 valence electrons. The predicted octanol–water partition coefficient (Wildman–Crippen LogP) is 3.94. The highest BCUT2D eigenvalue weighted by atomic mass is 16.5. The van der Waals surface area contributed by atoms with Gasteiger partial charge in [-0.05, 0) is 83.3 Å². The number of piperidine rings is 1. The fourth-order valence-corrected chi connectivity index (χ4v) is 3.11. The Morgan fingerprint density at radius 3 is 2.50 bits per heavy atom. The van der Waals surface area contributed by atoms with Crippen molar-refractivity contribution in [1.29, 1.82) is 0 Å². The molecule has 1 aromatic carbocycles. The molecule has 1 heterocycles. The van der Waals surface area contributed by atoms with Gasteiger partial charge in [0, 0.05) is 18.8 Å². The van der Waals surface area contributed by atoms with E-state index in [0.717, 1.165) is 36.9 Å². The molecule has 1 fully saturated rings. The standard InChI is InChI=1S/C21H34N2O3/c1-5-26-21(3,4)20(24)22-18-7-9-19(10-8-18)25-16-6-13-23-14-11-17(2)12-15-23/h7-10,17H,5-6,11-16H2,1-4H3,(H,22,24). The van der Waals surface area contributed by atoms with E-state index in [2.05, 4.69) is 17.1 Å². The summed E-state index contributed by atoms with van der Waals surface area (Å²) in [4.78, 5) is 14.7. The molecule has 0 spiro atoms. The summed E-state index contributed by atoms with van der Waals surface area (Å²) >= 11 is 0. The van der Waals surface area contributed by atoms with Crippen molar-refractivity contribution in [2.24, 2.45) is 5.92 Å². The third-order valence-corrected chi connectivity index (χ3v) is 4.93. The molecule has 2 rings (SSSR count). The first-order chi connectivity index (χ1) is 12.4. The lowest BCUT2D eigenvalue weighted by molar-refractivity contribution is -0.136. The van der Waals surface area contributed by atoms with Gasteiger partial charge in [-0.15, -0.1) is 0 Å². The number of amides is 1. The molecule has 0 saturated carbocycles. The molecule has 1 saturated heterocycles. The molecular formula is C21H34N2O3. The van der Waals surface area contributed by atoms with Crippen LogP contribution >= 0.6 is 0 Å². The van der Waals surface area contributed by atoms with Crippen molar-refractivity contribution in [2.75, 3.05) is 38.2 Å². The number of carbonyl (C=O) groups is 1. The smallest absolute Gasteiger partial charge is 0.256 e. The van der Waals surface area contributed by atoms with E-state index in [0.29, 0.717) is 6.61 Å². The van der Waals surface area contributed by atoms with Crippen molar-refractivity contribution in [3.63, 3.8) is 0 Å². The zero-order valence-corrected chi connectivity index (χ0v) is 16.7. The van der Waals surface area contributed by atoms with Crippen molar-refractivity contribution >= 4 is 11.6 Å². The SMILES string of the molecule is CCOC(C)(C)C(=O)Nc1ccc(OCCCN2CCC(C)CC2)cc1. The average molecular weight is 363 g/mol. The van der Waals surface area contributed by atoms with Crippen LogP contribution in [-0.2, 0) is 9.53 Å². The van der Waals surface area contributed by atoms with E-state index in [-0.39, 0.29) is 5.91 Å². The van der Waals surface area contributed by atoms with E-state index < -0.39 is 5.60 Å². The second-order valence-electron chi connectivity index (χ2n) is 7.65. The van der Waals surface area contributed by atoms with Gasteiger partial charge >= 0.3 is 0 Å². The van der Waals surface area contributed by atoms with Crippen LogP contribution in [-0.4, -0.2) is 49.3 Å². The molecule has 0 aromatic heterocycles. The number of benzene rings is 1. The number of nitrogens with zero attached hydrogens (tertiary/aromatic N) is 1. The highest BCUT2D eigenvalue weighted by Crippen LogP contribution is 2.19. The molecule has 0 atom stereocenters. The van der Waals surface area contributed by atoms with Crippen LogP contribution in [0.25, 0.3) is 0 Å². The van der Waals surface area contributed by atoms with Crippen LogP contribution < -0.4 is 10.1 Å². The topological polar surface area (TPSA) is 50.8 Å². The van der Waals surface area contributed by atoms with E-state index in [1.807, 2.05) is 31.2 Å². The number of rotatable bonds is 9. The van der Waals surface area contributed by atoms with Gasteiger partial charge in [0.25, 0.3) is 5.91 Å². The molecule has 1 aromatic rings. The van der Waals surface area contributed by atoms with Gasteiger partial charge in [0.1, 0.15) is 11.4 Å². The van der Waals surface area contributed by atoms with Crippen LogP contribution in [0, 0.1) is 5.92 Å². The second kappa shape index (κ2) is 9.93. The summed E-state index contributed by atoms with van der Waals surface area (Å²) in [6, 6.07) is 7.51. The monoisotopic (exact) mass is 362 g/mol. The van der Waals surface area contributed by atoms with Gasteiger partial charge in [-0.3, -0.25) is 4.79 Å². The van der Waals surface area contributed by atoms with Crippen molar-refractivity contribution in [3.05, 3.63) is 24.3 Å². The maximum Gasteiger partial charge on any atom is 0.256 e. The molecule has 1 amide bonds. The van der Waals surface area contributed by atoms with Gasteiger partial charge in [0.2, 0.25) is 0 Å². The summed E-state index contributed by atoms with van der Waals surface area (Å²) in [5.74, 6) is 1.56. The Labute approximate surface area is 158 Å². The van der Waals surface area contributed by atoms with Crippen LogP contribution in [0.3, 0.4) is 0 Å². The van der Waals surface area contributed by atoms with Gasteiger partial charge in [-0.2, -0.15) is 0 Å². The van der Waals surface area contributed by atoms with Crippen molar-refractivity contribution < 1.29 is 14.3 Å². The molecular weight excluding hydrogens is 328 g/mol. The number of nitrogens with one attached hydrogen (secondary N) is 1. The number of hydrogen-bond acceptors (Lipinski definition) is 4. The molecule has 1 aliphatic heterocycles. The Bertz CT molecular complexity index is 549. The first-order valence-electron chi connectivity index (χ1n) is 9.81. The first-order valence-corrected chi connectivity index (χ1v) is 9.81. The van der Waals surface area contributed by atoms with Gasteiger partial charge in [-0.1, -0.05) is 6.92 Å². The zero-order chi connectivity index (χ0) is 19.0. The lowest BCUT2D eigenvalue weighted by atomic mass is 9.99. The summed E-state index contributed by atoms with van der Waals surface area (Å²) in [5, 5.41) is 2.88. The van der Waals surface area contributed by atoms with E-state index in [4.69, 9.17) is 9.47 Å². The second-order valence-corrected chi connectivity index (χ2v) is 7.65. The first kappa shape index (κ1) is 20.7. The third-order valence-electron chi connectivity index (χ3n) is 4.93. The molecule has 5 heteroatoms. The largest absolute Gasteiger partial charge is 0.494 e. The number of anilines is 1. The highest BCUT2D eigenvalue weighted by Gasteiger charge is 2.27. The van der Waals surface area contributed by atoms with E-state index in [1.54, 1.807) is 13.8 Å². The third kappa shape index (κ3) is 6.61. The maximum absolute atomic E-state index is 12.2. The summed E-state index contributed by atoms with van der Waals surface area (Å²) in [6.07, 6.45) is 3.66. The van der Waals surface area contributed by atoms with Crippen LogP contribution in [0.4, 0.5) is 5.69 Å². The van der Waals surface area contributed by atoms with Gasteiger partial charge in [0.15, 0.2) is 0 Å². The van der Waals surface area contributed by atoms with E-state index >= 15 is 0 Å². The Kier molecular flexibility index (Phi) is 7.91. The van der Waals surface area contributed by atoms with Gasteiger partial charge in [0.05, 0.1) is 6.61 Å². The number of hydrogen-bond donors (Lipinski definition) is 1. The van der Waals surface area contributed by atoms with E-state index in [1.165, 1.54) is 25.9 Å². The molecule has 0 unspecified atom stereocenters. The molecule has 1 aliphatic rings. The lowest BCUT2D eigenvalue weighted by Gasteiger charge is -2.30. The Balaban J connectivity index is 1.69. The number of likely N-dealkylation sites (tertiary alicyclic amines) is 1. The number of ether oxygens (including phenoxy) is 2. The zero-order valence-electron chi connectivity index (χ0n) is 16.7. The quantitative estimate of drug-likeness (QED) is 0.676. The molecule has 0 bridgehead atoms. The summed E-state index contributed by atoms with van der Waals surface area (Å²) in [5.41, 5.74) is -0.0894. The fourth-order valence-electron chi connectivity index (χ4n) is 3.11. The minimum absolute atomic E-state index is 0.149. The van der Waals surface area contributed by atoms with Crippen molar-refractivity contribution in [2.45, 2.75) is 52.6 Å². The summed E-state index contributed by atoms with van der Waals surface area (Å²) in [6.45, 7) is 12.5. The van der Waals surface area contributed by atoms with Crippen LogP contribution in [0.2, 0.25) is 0 Å². The molecule has 1 N–H and O–H groups in total. The maximum atomic E-state index is 12.2. The molecule has 26 heavy (non-hydrogen) atoms. The Morgan fingerprint density at radius 1 is 1.23 bits per heavy atom. The van der Waals surface area contributed by atoms with Crippen LogP contribution in [0.5, 0.6) is 5.75 Å². The Morgan fingerprint density at radius 2 is 1.88 bits per heavy atom. The molecule has 5 nitrogen and oxygen atoms in total. The summed E-state index contributed by atoms with van der Waals surface area (Å²) < 4.78 is 11.3. The van der Waals surface area contributed by atoms with Gasteiger partial charge < -0.3 is 19.7 Å². The van der Waals surface area contributed by atoms with Crippen molar-refractivity contribution in [3.8, 4) is 5.75 Å². The normalized spacial score (nSPS) is 16.5. The molecule has 0 radical (unpaired) electrons. The number of carbonyl (C=O) groups excluding carboxylic acids is 1. The van der Waals surface area contributed by atoms with E-state index in [9.17, 15) is 4.79 Å². The fraction of sp³-hybridized carbons (Fsp3) is 0.667. The predicted molar refractivity (Wildman–Crippen MR) is 106 cm³/mol. The van der Waals surface area contributed by atoms with Crippen LogP contribution in [0.15, 0.2) is 24.3 Å². The average Bonchev–Trinajstić information content (AvgIpc) is 2.61. The highest BCUT2D eigenvalue weighted by molar-refractivity contribution is 5.96. The Hall–Kier alpha value is -1.59. The molecule has 0 aliphatic carbocycles. The van der Waals surface area contributed by atoms with Crippen molar-refractivity contribution in [1.82, 2.24) is 4.90 Å². The van der Waals surface area contributed by atoms with Gasteiger partial charge in [-0.25, -0.2) is 0 Å².